The third kappa shape index (κ3) is 2.50. The van der Waals surface area contributed by atoms with Crippen LogP contribution in [0, 0.1) is 11.3 Å². The van der Waals surface area contributed by atoms with Crippen LogP contribution in [-0.4, -0.2) is 15.9 Å². The molecule has 1 fully saturated rings. The molecule has 3 rings (SSSR count). The highest BCUT2D eigenvalue weighted by atomic mass is 16.1. The van der Waals surface area contributed by atoms with Crippen LogP contribution in [0.5, 0.6) is 0 Å². The van der Waals surface area contributed by atoms with Gasteiger partial charge in [-0.15, -0.1) is 0 Å². The van der Waals surface area contributed by atoms with Crippen molar-refractivity contribution in [1.29, 1.82) is 5.26 Å². The summed E-state index contributed by atoms with van der Waals surface area (Å²) in [5.41, 5.74) is 2.42. The maximum absolute atomic E-state index is 12.1. The molecule has 2 aromatic heterocycles. The Morgan fingerprint density at radius 3 is 2.80 bits per heavy atom. The largest absolute Gasteiger partial charge is 0.320 e. The van der Waals surface area contributed by atoms with E-state index in [-0.39, 0.29) is 5.91 Å². The van der Waals surface area contributed by atoms with E-state index in [1.807, 2.05) is 12.1 Å². The lowest BCUT2D eigenvalue weighted by atomic mass is 10.2. The average Bonchev–Trinajstić information content (AvgIpc) is 3.32. The van der Waals surface area contributed by atoms with Crippen molar-refractivity contribution in [3.63, 3.8) is 0 Å². The zero-order chi connectivity index (χ0) is 13.9. The number of nitrogens with zero attached hydrogens (tertiary/aromatic N) is 3. The quantitative estimate of drug-likeness (QED) is 0.923. The lowest BCUT2D eigenvalue weighted by molar-refractivity contribution is 0.102. The van der Waals surface area contributed by atoms with Crippen LogP contribution in [0.1, 0.15) is 40.5 Å². The molecule has 1 saturated carbocycles. The van der Waals surface area contributed by atoms with Crippen molar-refractivity contribution in [1.82, 2.24) is 9.97 Å². The number of hydrogen-bond donors (Lipinski definition) is 1. The van der Waals surface area contributed by atoms with Crippen molar-refractivity contribution >= 4 is 11.6 Å². The van der Waals surface area contributed by atoms with Gasteiger partial charge in [-0.1, -0.05) is 0 Å². The number of nitrogens with one attached hydrogen (secondary N) is 1. The van der Waals surface area contributed by atoms with Gasteiger partial charge in [0.05, 0.1) is 16.9 Å². The smallest absolute Gasteiger partial charge is 0.257 e. The Morgan fingerprint density at radius 2 is 2.15 bits per heavy atom. The van der Waals surface area contributed by atoms with Crippen molar-refractivity contribution < 1.29 is 4.79 Å². The highest BCUT2D eigenvalue weighted by molar-refractivity contribution is 6.04. The molecule has 0 spiro atoms. The highest BCUT2D eigenvalue weighted by Gasteiger charge is 2.27. The zero-order valence-corrected chi connectivity index (χ0v) is 10.7. The zero-order valence-electron chi connectivity index (χ0n) is 10.7. The van der Waals surface area contributed by atoms with Gasteiger partial charge in [-0.25, -0.2) is 4.98 Å². The number of carbonyl (C=O) groups is 1. The van der Waals surface area contributed by atoms with Gasteiger partial charge in [0, 0.05) is 18.3 Å². The molecule has 0 aliphatic heterocycles. The third-order valence-electron chi connectivity index (χ3n) is 3.19. The van der Waals surface area contributed by atoms with Gasteiger partial charge in [-0.2, -0.15) is 5.26 Å². The lowest BCUT2D eigenvalue weighted by Gasteiger charge is -2.09. The number of hydrogen-bond acceptors (Lipinski definition) is 4. The number of anilines is 1. The minimum Gasteiger partial charge on any atom is -0.320 e. The summed E-state index contributed by atoms with van der Waals surface area (Å²) in [5.74, 6) is 0.225. The first kappa shape index (κ1) is 12.3. The first-order valence-electron chi connectivity index (χ1n) is 6.40. The van der Waals surface area contributed by atoms with Crippen LogP contribution >= 0.6 is 0 Å². The van der Waals surface area contributed by atoms with Crippen molar-refractivity contribution in [3.05, 3.63) is 53.6 Å². The van der Waals surface area contributed by atoms with Crippen LogP contribution in [-0.2, 0) is 0 Å². The molecule has 5 nitrogen and oxygen atoms in total. The van der Waals surface area contributed by atoms with E-state index < -0.39 is 0 Å². The number of amides is 1. The van der Waals surface area contributed by atoms with Gasteiger partial charge < -0.3 is 5.32 Å². The second kappa shape index (κ2) is 5.10. The molecular weight excluding hydrogens is 252 g/mol. The minimum absolute atomic E-state index is 0.239. The summed E-state index contributed by atoms with van der Waals surface area (Å²) in [5, 5.41) is 11.5. The number of aromatic nitrogens is 2. The molecule has 1 aliphatic rings. The fraction of sp³-hybridized carbons (Fsp3) is 0.200. The Morgan fingerprint density at radius 1 is 1.30 bits per heavy atom. The monoisotopic (exact) mass is 264 g/mol. The van der Waals surface area contributed by atoms with E-state index in [9.17, 15) is 4.79 Å². The predicted molar refractivity (Wildman–Crippen MR) is 73.1 cm³/mol. The molecular formula is C15H12N4O. The molecule has 2 aromatic rings. The molecule has 98 valence electrons. The molecule has 1 amide bonds. The van der Waals surface area contributed by atoms with E-state index in [2.05, 4.69) is 15.3 Å². The lowest BCUT2D eigenvalue weighted by Crippen LogP contribution is -2.14. The van der Waals surface area contributed by atoms with Crippen LogP contribution in [0.2, 0.25) is 0 Å². The SMILES string of the molecule is N#Cc1ccc(C(=O)Nc2cccnc2C2CC2)cn1. The maximum Gasteiger partial charge on any atom is 0.257 e. The Kier molecular flexibility index (Phi) is 3.13. The molecule has 0 unspecified atom stereocenters. The first-order chi connectivity index (χ1) is 9.78. The van der Waals surface area contributed by atoms with Crippen molar-refractivity contribution in [3.8, 4) is 6.07 Å². The average molecular weight is 264 g/mol. The summed E-state index contributed by atoms with van der Waals surface area (Å²) in [4.78, 5) is 20.4. The van der Waals surface area contributed by atoms with Gasteiger partial charge in [0.2, 0.25) is 0 Å². The van der Waals surface area contributed by atoms with Crippen molar-refractivity contribution in [2.45, 2.75) is 18.8 Å². The fourth-order valence-corrected chi connectivity index (χ4v) is 1.99. The minimum atomic E-state index is -0.239. The Labute approximate surface area is 116 Å². The Hall–Kier alpha value is -2.74. The summed E-state index contributed by atoms with van der Waals surface area (Å²) in [6.45, 7) is 0. The van der Waals surface area contributed by atoms with Crippen molar-refractivity contribution in [2.24, 2.45) is 0 Å². The van der Waals surface area contributed by atoms with Crippen LogP contribution in [0.15, 0.2) is 36.7 Å². The molecule has 0 bridgehead atoms. The maximum atomic E-state index is 12.1. The molecule has 1 N–H and O–H groups in total. The second-order valence-electron chi connectivity index (χ2n) is 4.71. The Balaban J connectivity index is 1.80. The number of nitriles is 1. The topological polar surface area (TPSA) is 78.7 Å². The molecule has 20 heavy (non-hydrogen) atoms. The standard InChI is InChI=1S/C15H12N4O/c16-8-12-6-5-11(9-18-12)15(20)19-13-2-1-7-17-14(13)10-3-4-10/h1-2,5-7,9-10H,3-4H2,(H,19,20). The van der Waals surface area contributed by atoms with Gasteiger partial charge >= 0.3 is 0 Å². The summed E-state index contributed by atoms with van der Waals surface area (Å²) in [6, 6.07) is 8.70. The van der Waals surface area contributed by atoms with Gasteiger partial charge in [-0.3, -0.25) is 9.78 Å². The van der Waals surface area contributed by atoms with Crippen LogP contribution in [0.3, 0.4) is 0 Å². The summed E-state index contributed by atoms with van der Waals surface area (Å²) < 4.78 is 0. The second-order valence-corrected chi connectivity index (χ2v) is 4.71. The molecule has 0 radical (unpaired) electrons. The normalized spacial score (nSPS) is 13.6. The van der Waals surface area contributed by atoms with Gasteiger partial charge in [0.1, 0.15) is 11.8 Å². The van der Waals surface area contributed by atoms with Gasteiger partial charge in [0.15, 0.2) is 0 Å². The number of pyridine rings is 2. The molecule has 2 heterocycles. The van der Waals surface area contributed by atoms with Crippen LogP contribution in [0.25, 0.3) is 0 Å². The van der Waals surface area contributed by atoms with Gasteiger partial charge in [-0.05, 0) is 37.1 Å². The van der Waals surface area contributed by atoms with Gasteiger partial charge in [0.25, 0.3) is 5.91 Å². The first-order valence-corrected chi connectivity index (χ1v) is 6.40. The fourth-order valence-electron chi connectivity index (χ4n) is 1.99. The van der Waals surface area contributed by atoms with Crippen LogP contribution in [0.4, 0.5) is 5.69 Å². The highest BCUT2D eigenvalue weighted by Crippen LogP contribution is 2.42. The Bertz CT molecular complexity index is 684. The summed E-state index contributed by atoms with van der Waals surface area (Å²) >= 11 is 0. The molecule has 1 aliphatic carbocycles. The van der Waals surface area contributed by atoms with E-state index in [1.54, 1.807) is 18.3 Å². The van der Waals surface area contributed by atoms with Crippen LogP contribution < -0.4 is 5.32 Å². The molecule has 0 saturated heterocycles. The molecule has 0 aromatic carbocycles. The van der Waals surface area contributed by atoms with E-state index >= 15 is 0 Å². The van der Waals surface area contributed by atoms with E-state index in [0.717, 1.165) is 24.2 Å². The molecule has 0 atom stereocenters. The van der Waals surface area contributed by atoms with E-state index in [1.165, 1.54) is 12.3 Å². The van der Waals surface area contributed by atoms with Crippen molar-refractivity contribution in [2.75, 3.05) is 5.32 Å². The number of rotatable bonds is 3. The number of carbonyl (C=O) groups excluding carboxylic acids is 1. The summed E-state index contributed by atoms with van der Waals surface area (Å²) in [6.07, 6.45) is 5.39. The summed E-state index contributed by atoms with van der Waals surface area (Å²) in [7, 11) is 0. The third-order valence-corrected chi connectivity index (χ3v) is 3.19. The van der Waals surface area contributed by atoms with E-state index in [4.69, 9.17) is 5.26 Å². The van der Waals surface area contributed by atoms with E-state index in [0.29, 0.717) is 17.2 Å². The molecule has 5 heteroatoms. The predicted octanol–water partition coefficient (Wildman–Crippen LogP) is 2.48.